The number of nitrogen functional groups attached to an aromatic ring is 1. The van der Waals surface area contributed by atoms with E-state index in [2.05, 4.69) is 55.3 Å². The van der Waals surface area contributed by atoms with Crippen molar-refractivity contribution in [3.05, 3.63) is 36.7 Å². The van der Waals surface area contributed by atoms with E-state index in [4.69, 9.17) is 5.73 Å². The number of phenolic OH excluding ortho intramolecular Hbond substituents is 1. The lowest BCUT2D eigenvalue weighted by atomic mass is 10.2. The number of rotatable bonds is 2. The largest absolute Gasteiger partial charge is 0.506 e. The van der Waals surface area contributed by atoms with Crippen LogP contribution in [0, 0.1) is 14.1 Å². The first-order chi connectivity index (χ1) is 8.47. The molecule has 94 valence electrons. The van der Waals surface area contributed by atoms with Crippen LogP contribution >= 0.6 is 45.2 Å². The summed E-state index contributed by atoms with van der Waals surface area (Å²) in [6, 6.07) is 3.70. The number of benzene rings is 1. The highest BCUT2D eigenvalue weighted by atomic mass is 127. The molecule has 0 unspecified atom stereocenters. The van der Waals surface area contributed by atoms with E-state index in [1.807, 2.05) is 19.1 Å². The number of hydrogen-bond acceptors (Lipinski definition) is 4. The zero-order valence-corrected chi connectivity index (χ0v) is 13.7. The SMILES string of the molecule is Cc1cn(N=Cc2cc(I)c(O)c(I)c2)c(N)n1. The quantitative estimate of drug-likeness (QED) is 0.526. The Labute approximate surface area is 131 Å². The van der Waals surface area contributed by atoms with Crippen LogP contribution < -0.4 is 5.73 Å². The first kappa shape index (κ1) is 13.6. The number of nitrogens with zero attached hydrogens (tertiary/aromatic N) is 3. The molecule has 0 fully saturated rings. The smallest absolute Gasteiger partial charge is 0.221 e. The molecule has 0 aliphatic heterocycles. The minimum Gasteiger partial charge on any atom is -0.506 e. The average Bonchev–Trinajstić information content (AvgIpc) is 2.62. The molecule has 0 amide bonds. The maximum absolute atomic E-state index is 9.67. The summed E-state index contributed by atoms with van der Waals surface area (Å²) in [5.41, 5.74) is 7.40. The fourth-order valence-corrected chi connectivity index (χ4v) is 3.20. The van der Waals surface area contributed by atoms with Crippen LogP contribution in [0.25, 0.3) is 0 Å². The third-order valence-electron chi connectivity index (χ3n) is 2.21. The Balaban J connectivity index is 2.32. The first-order valence-electron chi connectivity index (χ1n) is 5.01. The molecule has 2 aromatic rings. The van der Waals surface area contributed by atoms with Gasteiger partial charge >= 0.3 is 0 Å². The van der Waals surface area contributed by atoms with Crippen molar-refractivity contribution in [1.29, 1.82) is 0 Å². The van der Waals surface area contributed by atoms with E-state index >= 15 is 0 Å². The minimum absolute atomic E-state index is 0.298. The number of hydrogen-bond donors (Lipinski definition) is 2. The van der Waals surface area contributed by atoms with Crippen molar-refractivity contribution in [3.8, 4) is 5.75 Å². The van der Waals surface area contributed by atoms with Gasteiger partial charge < -0.3 is 10.8 Å². The van der Waals surface area contributed by atoms with Crippen molar-refractivity contribution in [2.24, 2.45) is 5.10 Å². The zero-order chi connectivity index (χ0) is 13.3. The number of aromatic nitrogens is 2. The Kier molecular flexibility index (Phi) is 4.10. The van der Waals surface area contributed by atoms with Crippen LogP contribution in [-0.4, -0.2) is 21.0 Å². The molecule has 1 aromatic heterocycles. The summed E-state index contributed by atoms with van der Waals surface area (Å²) >= 11 is 4.16. The highest BCUT2D eigenvalue weighted by molar-refractivity contribution is 14.1. The lowest BCUT2D eigenvalue weighted by molar-refractivity contribution is 0.467. The summed E-state index contributed by atoms with van der Waals surface area (Å²) in [5.74, 6) is 0.651. The van der Waals surface area contributed by atoms with Gasteiger partial charge in [-0.05, 0) is 69.8 Å². The third kappa shape index (κ3) is 2.94. The van der Waals surface area contributed by atoms with Gasteiger partial charge in [-0.3, -0.25) is 0 Å². The molecule has 1 heterocycles. The van der Waals surface area contributed by atoms with Crippen molar-refractivity contribution in [2.75, 3.05) is 5.73 Å². The first-order valence-corrected chi connectivity index (χ1v) is 7.17. The van der Waals surface area contributed by atoms with Crippen LogP contribution in [0.3, 0.4) is 0 Å². The normalized spacial score (nSPS) is 11.3. The van der Waals surface area contributed by atoms with Crippen molar-refractivity contribution < 1.29 is 5.11 Å². The number of imidazole rings is 1. The molecule has 0 spiro atoms. The van der Waals surface area contributed by atoms with Crippen LogP contribution in [-0.2, 0) is 0 Å². The van der Waals surface area contributed by atoms with Gasteiger partial charge in [0.2, 0.25) is 5.95 Å². The van der Waals surface area contributed by atoms with Crippen LogP contribution in [0.5, 0.6) is 5.75 Å². The molecule has 7 heteroatoms. The standard InChI is InChI=1S/C11H10I2N4O/c1-6-5-17(11(14)16-6)15-4-7-2-8(12)10(18)9(13)3-7/h2-5,18H,1H3,(H2,14,16). The molecule has 3 N–H and O–H groups in total. The van der Waals surface area contributed by atoms with Gasteiger partial charge in [-0.2, -0.15) is 5.10 Å². The molecule has 0 saturated heterocycles. The molecule has 0 bridgehead atoms. The molecular formula is C11H10I2N4O. The molecule has 0 atom stereocenters. The van der Waals surface area contributed by atoms with Crippen molar-refractivity contribution in [1.82, 2.24) is 9.66 Å². The van der Waals surface area contributed by atoms with Crippen molar-refractivity contribution in [3.63, 3.8) is 0 Å². The van der Waals surface area contributed by atoms with E-state index in [-0.39, 0.29) is 0 Å². The number of aromatic hydroxyl groups is 1. The number of anilines is 1. The van der Waals surface area contributed by atoms with Crippen LogP contribution in [0.4, 0.5) is 5.95 Å². The Morgan fingerprint density at radius 3 is 2.50 bits per heavy atom. The topological polar surface area (TPSA) is 76.4 Å². The fourth-order valence-electron chi connectivity index (χ4n) is 1.38. The van der Waals surface area contributed by atoms with Crippen LogP contribution in [0.15, 0.2) is 23.4 Å². The summed E-state index contributed by atoms with van der Waals surface area (Å²) in [4.78, 5) is 4.06. The molecule has 0 aliphatic rings. The molecule has 0 radical (unpaired) electrons. The van der Waals surface area contributed by atoms with Crippen LogP contribution in [0.1, 0.15) is 11.3 Å². The molecule has 2 rings (SSSR count). The van der Waals surface area contributed by atoms with E-state index in [0.717, 1.165) is 18.4 Å². The van der Waals surface area contributed by atoms with E-state index < -0.39 is 0 Å². The van der Waals surface area contributed by atoms with Gasteiger partial charge in [-0.15, -0.1) is 0 Å². The highest BCUT2D eigenvalue weighted by Crippen LogP contribution is 2.26. The van der Waals surface area contributed by atoms with E-state index in [9.17, 15) is 5.11 Å². The fraction of sp³-hybridized carbons (Fsp3) is 0.0909. The summed E-state index contributed by atoms with van der Waals surface area (Å²) < 4.78 is 3.09. The molecule has 1 aromatic carbocycles. The Bertz CT molecular complexity index is 598. The van der Waals surface area contributed by atoms with Gasteiger partial charge in [-0.1, -0.05) is 0 Å². The maximum atomic E-state index is 9.67. The van der Waals surface area contributed by atoms with Crippen LogP contribution in [0.2, 0.25) is 0 Å². The van der Waals surface area contributed by atoms with Gasteiger partial charge in [0.25, 0.3) is 0 Å². The van der Waals surface area contributed by atoms with E-state index in [0.29, 0.717) is 11.7 Å². The van der Waals surface area contributed by atoms with Crippen molar-refractivity contribution in [2.45, 2.75) is 6.92 Å². The van der Waals surface area contributed by atoms with Gasteiger partial charge in [0, 0.05) is 0 Å². The highest BCUT2D eigenvalue weighted by Gasteiger charge is 2.04. The van der Waals surface area contributed by atoms with Gasteiger partial charge in [0.1, 0.15) is 5.75 Å². The molecule has 0 aliphatic carbocycles. The third-order valence-corrected chi connectivity index (χ3v) is 3.85. The Morgan fingerprint density at radius 1 is 1.39 bits per heavy atom. The van der Waals surface area contributed by atoms with E-state index in [1.165, 1.54) is 4.68 Å². The zero-order valence-electron chi connectivity index (χ0n) is 9.43. The van der Waals surface area contributed by atoms with Gasteiger partial charge in [-0.25, -0.2) is 9.66 Å². The average molecular weight is 468 g/mol. The maximum Gasteiger partial charge on any atom is 0.221 e. The summed E-state index contributed by atoms with van der Waals surface area (Å²) in [6.45, 7) is 1.86. The lowest BCUT2D eigenvalue weighted by Gasteiger charge is -2.02. The number of nitrogens with two attached hydrogens (primary N) is 1. The number of aryl methyl sites for hydroxylation is 1. The lowest BCUT2D eigenvalue weighted by Crippen LogP contribution is -1.97. The second-order valence-corrected chi connectivity index (χ2v) is 5.99. The van der Waals surface area contributed by atoms with E-state index in [1.54, 1.807) is 12.4 Å². The second-order valence-electron chi connectivity index (χ2n) is 3.66. The second kappa shape index (κ2) is 5.43. The van der Waals surface area contributed by atoms with Gasteiger partial charge in [0.05, 0.1) is 25.2 Å². The molecule has 5 nitrogen and oxygen atoms in total. The monoisotopic (exact) mass is 468 g/mol. The summed E-state index contributed by atoms with van der Waals surface area (Å²) in [5, 5.41) is 13.9. The Morgan fingerprint density at radius 2 is 2.00 bits per heavy atom. The Hall–Kier alpha value is -0.840. The predicted octanol–water partition coefficient (Wildman–Crippen LogP) is 2.57. The molecular weight excluding hydrogens is 458 g/mol. The van der Waals surface area contributed by atoms with Crippen molar-refractivity contribution >= 4 is 57.3 Å². The minimum atomic E-state index is 0.298. The predicted molar refractivity (Wildman–Crippen MR) is 87.9 cm³/mol. The molecule has 18 heavy (non-hydrogen) atoms. The van der Waals surface area contributed by atoms with Gasteiger partial charge in [0.15, 0.2) is 0 Å². The summed E-state index contributed by atoms with van der Waals surface area (Å²) in [6.07, 6.45) is 3.43. The summed E-state index contributed by atoms with van der Waals surface area (Å²) in [7, 11) is 0. The molecule has 0 saturated carbocycles. The number of phenols is 1. The number of halogens is 2.